The van der Waals surface area contributed by atoms with E-state index >= 15 is 0 Å². The van der Waals surface area contributed by atoms with E-state index in [0.717, 1.165) is 36.2 Å². The second-order valence-corrected chi connectivity index (χ2v) is 5.94. The molecule has 0 radical (unpaired) electrons. The summed E-state index contributed by atoms with van der Waals surface area (Å²) >= 11 is 0. The summed E-state index contributed by atoms with van der Waals surface area (Å²) in [6, 6.07) is 3.85. The first-order valence-electron chi connectivity index (χ1n) is 6.61. The van der Waals surface area contributed by atoms with E-state index in [1.54, 1.807) is 0 Å². The number of phenolic OH excluding ortho intramolecular Hbond substituents is 1. The summed E-state index contributed by atoms with van der Waals surface area (Å²) in [5.74, 6) is -0.575. The Kier molecular flexibility index (Phi) is 3.43. The van der Waals surface area contributed by atoms with Crippen LogP contribution in [0.4, 0.5) is 5.69 Å². The smallest absolute Gasteiger partial charge is 0.304 e. The molecule has 0 bridgehead atoms. The molecule has 0 aromatic heterocycles. The van der Waals surface area contributed by atoms with Crippen molar-refractivity contribution >= 4 is 11.7 Å². The topological polar surface area (TPSA) is 60.8 Å². The quantitative estimate of drug-likeness (QED) is 0.879. The van der Waals surface area contributed by atoms with Crippen molar-refractivity contribution in [2.75, 3.05) is 18.5 Å². The third-order valence-corrected chi connectivity index (χ3v) is 3.91. The highest BCUT2D eigenvalue weighted by Gasteiger charge is 2.30. The number of carboxylic acid groups (broad SMARTS) is 1. The number of carbonyl (C=O) groups is 1. The van der Waals surface area contributed by atoms with Gasteiger partial charge in [-0.05, 0) is 18.9 Å². The summed E-state index contributed by atoms with van der Waals surface area (Å²) in [6.07, 6.45) is 1.87. The van der Waals surface area contributed by atoms with Gasteiger partial charge in [0.15, 0.2) is 0 Å². The van der Waals surface area contributed by atoms with Crippen LogP contribution >= 0.6 is 0 Å². The molecule has 2 N–H and O–H groups in total. The first-order chi connectivity index (χ1) is 8.83. The van der Waals surface area contributed by atoms with Crippen molar-refractivity contribution in [3.05, 3.63) is 23.3 Å². The Morgan fingerprint density at radius 1 is 1.42 bits per heavy atom. The zero-order valence-corrected chi connectivity index (χ0v) is 11.7. The third kappa shape index (κ3) is 2.53. The van der Waals surface area contributed by atoms with E-state index in [1.807, 2.05) is 33.0 Å². The average molecular weight is 263 g/mol. The minimum atomic E-state index is -0.848. The van der Waals surface area contributed by atoms with Crippen LogP contribution in [-0.2, 0) is 16.6 Å². The highest BCUT2D eigenvalue weighted by atomic mass is 16.4. The SMILES string of the molecule is CN1CCCc2c1ccc(C(C)(C)CC(=O)O)c2O. The van der Waals surface area contributed by atoms with Gasteiger partial charge in [-0.25, -0.2) is 0 Å². The predicted octanol–water partition coefficient (Wildman–Crippen LogP) is 2.53. The van der Waals surface area contributed by atoms with Crippen molar-refractivity contribution in [2.24, 2.45) is 0 Å². The van der Waals surface area contributed by atoms with Crippen LogP contribution in [0.2, 0.25) is 0 Å². The summed E-state index contributed by atoms with van der Waals surface area (Å²) < 4.78 is 0. The van der Waals surface area contributed by atoms with Crippen LogP contribution in [0.3, 0.4) is 0 Å². The fraction of sp³-hybridized carbons (Fsp3) is 0.533. The van der Waals surface area contributed by atoms with Gasteiger partial charge in [-0.1, -0.05) is 19.9 Å². The molecule has 2 rings (SSSR count). The number of hydrogen-bond donors (Lipinski definition) is 2. The van der Waals surface area contributed by atoms with Gasteiger partial charge < -0.3 is 15.1 Å². The molecule has 0 atom stereocenters. The van der Waals surface area contributed by atoms with Crippen molar-refractivity contribution in [1.29, 1.82) is 0 Å². The molecule has 1 aliphatic rings. The summed E-state index contributed by atoms with van der Waals surface area (Å²) in [7, 11) is 2.01. The minimum Gasteiger partial charge on any atom is -0.507 e. The molecular formula is C15H21NO3. The molecule has 1 aromatic carbocycles. The molecule has 104 valence electrons. The number of hydrogen-bond acceptors (Lipinski definition) is 3. The van der Waals surface area contributed by atoms with Gasteiger partial charge in [0.05, 0.1) is 6.42 Å². The predicted molar refractivity (Wildman–Crippen MR) is 75.0 cm³/mol. The van der Waals surface area contributed by atoms with Gasteiger partial charge in [0.2, 0.25) is 0 Å². The van der Waals surface area contributed by atoms with Crippen LogP contribution in [0.5, 0.6) is 5.75 Å². The lowest BCUT2D eigenvalue weighted by Crippen LogP contribution is -2.27. The first kappa shape index (κ1) is 13.7. The molecule has 0 unspecified atom stereocenters. The number of aliphatic carboxylic acids is 1. The second kappa shape index (κ2) is 4.76. The maximum absolute atomic E-state index is 11.0. The number of aromatic hydroxyl groups is 1. The molecule has 0 amide bonds. The number of carboxylic acids is 1. The van der Waals surface area contributed by atoms with E-state index in [4.69, 9.17) is 5.11 Å². The Balaban J connectivity index is 2.46. The fourth-order valence-corrected chi connectivity index (χ4v) is 2.86. The van der Waals surface area contributed by atoms with Gasteiger partial charge >= 0.3 is 5.97 Å². The second-order valence-electron chi connectivity index (χ2n) is 5.94. The highest BCUT2D eigenvalue weighted by molar-refractivity contribution is 5.70. The molecule has 0 saturated heterocycles. The normalized spacial score (nSPS) is 15.2. The van der Waals surface area contributed by atoms with Crippen molar-refractivity contribution in [3.8, 4) is 5.75 Å². The van der Waals surface area contributed by atoms with Crippen molar-refractivity contribution < 1.29 is 15.0 Å². The Morgan fingerprint density at radius 3 is 2.74 bits per heavy atom. The van der Waals surface area contributed by atoms with Crippen LogP contribution in [0.15, 0.2) is 12.1 Å². The van der Waals surface area contributed by atoms with Crippen LogP contribution in [0.25, 0.3) is 0 Å². The molecule has 4 nitrogen and oxygen atoms in total. The Bertz CT molecular complexity index is 508. The molecule has 0 saturated carbocycles. The average Bonchev–Trinajstić information content (AvgIpc) is 2.28. The van der Waals surface area contributed by atoms with E-state index in [-0.39, 0.29) is 12.2 Å². The molecule has 0 aliphatic carbocycles. The van der Waals surface area contributed by atoms with Crippen molar-refractivity contribution in [1.82, 2.24) is 0 Å². The summed E-state index contributed by atoms with van der Waals surface area (Å²) in [6.45, 7) is 4.70. The van der Waals surface area contributed by atoms with Gasteiger partial charge in [-0.2, -0.15) is 0 Å². The molecular weight excluding hydrogens is 242 g/mol. The van der Waals surface area contributed by atoms with Gasteiger partial charge in [-0.15, -0.1) is 0 Å². The van der Waals surface area contributed by atoms with Crippen molar-refractivity contribution in [2.45, 2.75) is 38.5 Å². The van der Waals surface area contributed by atoms with E-state index in [0.29, 0.717) is 0 Å². The van der Waals surface area contributed by atoms with Gasteiger partial charge in [-0.3, -0.25) is 4.79 Å². The van der Waals surface area contributed by atoms with Gasteiger partial charge in [0, 0.05) is 35.8 Å². The van der Waals surface area contributed by atoms with Crippen LogP contribution in [0, 0.1) is 0 Å². The number of nitrogens with zero attached hydrogens (tertiary/aromatic N) is 1. The standard InChI is InChI=1S/C15H21NO3/c1-15(2,9-13(17)18)11-6-7-12-10(14(11)19)5-4-8-16(12)3/h6-7,19H,4-5,8-9H2,1-3H3,(H,17,18). The summed E-state index contributed by atoms with van der Waals surface area (Å²) in [4.78, 5) is 13.1. The van der Waals surface area contributed by atoms with E-state index in [9.17, 15) is 9.90 Å². The first-order valence-corrected chi connectivity index (χ1v) is 6.61. The number of benzene rings is 1. The largest absolute Gasteiger partial charge is 0.507 e. The van der Waals surface area contributed by atoms with Crippen LogP contribution in [0.1, 0.15) is 37.8 Å². The molecule has 1 aromatic rings. The molecule has 1 aliphatic heterocycles. The lowest BCUT2D eigenvalue weighted by molar-refractivity contribution is -0.138. The highest BCUT2D eigenvalue weighted by Crippen LogP contribution is 2.41. The maximum Gasteiger partial charge on any atom is 0.304 e. The minimum absolute atomic E-state index is 0.00911. The molecule has 0 fully saturated rings. The zero-order chi connectivity index (χ0) is 14.2. The fourth-order valence-electron chi connectivity index (χ4n) is 2.86. The van der Waals surface area contributed by atoms with Gasteiger partial charge in [0.1, 0.15) is 5.75 Å². The number of rotatable bonds is 3. The zero-order valence-electron chi connectivity index (χ0n) is 11.7. The lowest BCUT2D eigenvalue weighted by atomic mass is 9.79. The van der Waals surface area contributed by atoms with E-state index in [1.165, 1.54) is 0 Å². The Hall–Kier alpha value is -1.71. The van der Waals surface area contributed by atoms with E-state index < -0.39 is 11.4 Å². The maximum atomic E-state index is 11.0. The van der Waals surface area contributed by atoms with Crippen LogP contribution in [-0.4, -0.2) is 29.8 Å². The summed E-state index contributed by atoms with van der Waals surface area (Å²) in [5, 5.41) is 19.5. The van der Waals surface area contributed by atoms with E-state index in [2.05, 4.69) is 4.90 Å². The van der Waals surface area contributed by atoms with Crippen LogP contribution < -0.4 is 4.90 Å². The summed E-state index contributed by atoms with van der Waals surface area (Å²) in [5.41, 5.74) is 2.16. The molecule has 19 heavy (non-hydrogen) atoms. The number of fused-ring (bicyclic) bond motifs is 1. The van der Waals surface area contributed by atoms with Gasteiger partial charge in [0.25, 0.3) is 0 Å². The molecule has 4 heteroatoms. The third-order valence-electron chi connectivity index (χ3n) is 3.91. The molecule has 1 heterocycles. The number of phenols is 1. The Labute approximate surface area is 113 Å². The van der Waals surface area contributed by atoms with Crippen molar-refractivity contribution in [3.63, 3.8) is 0 Å². The number of anilines is 1. The molecule has 0 spiro atoms. The monoisotopic (exact) mass is 263 g/mol. The lowest BCUT2D eigenvalue weighted by Gasteiger charge is -2.31. The Morgan fingerprint density at radius 2 is 2.11 bits per heavy atom.